The van der Waals surface area contributed by atoms with Crippen molar-refractivity contribution >= 4 is 38.3 Å². The minimum Gasteiger partial charge on any atom is -0.497 e. The fourth-order valence-electron chi connectivity index (χ4n) is 4.91. The van der Waals surface area contributed by atoms with Crippen LogP contribution >= 0.6 is 11.3 Å². The number of methoxy groups -OCH3 is 2. The normalized spacial score (nSPS) is 18.6. The van der Waals surface area contributed by atoms with Gasteiger partial charge < -0.3 is 19.7 Å². The molecule has 0 bridgehead atoms. The third-order valence-electron chi connectivity index (χ3n) is 6.83. The van der Waals surface area contributed by atoms with Gasteiger partial charge in [-0.05, 0) is 24.5 Å². The van der Waals surface area contributed by atoms with Gasteiger partial charge in [-0.3, -0.25) is 9.59 Å². The summed E-state index contributed by atoms with van der Waals surface area (Å²) in [5.41, 5.74) is 0. The van der Waals surface area contributed by atoms with Crippen LogP contribution in [0.4, 0.5) is 5.13 Å². The van der Waals surface area contributed by atoms with Gasteiger partial charge in [-0.2, -0.15) is 4.31 Å². The van der Waals surface area contributed by atoms with Crippen LogP contribution < -0.4 is 14.8 Å². The van der Waals surface area contributed by atoms with Crippen LogP contribution in [0.3, 0.4) is 0 Å². The molecule has 1 saturated heterocycles. The molecular weight excluding hydrogens is 504 g/mol. The highest BCUT2D eigenvalue weighted by Gasteiger charge is 2.40. The first kappa shape index (κ1) is 26.4. The van der Waals surface area contributed by atoms with Gasteiger partial charge in [-0.15, -0.1) is 11.3 Å². The third kappa shape index (κ3) is 5.81. The van der Waals surface area contributed by atoms with E-state index in [0.29, 0.717) is 23.2 Å². The van der Waals surface area contributed by atoms with Crippen LogP contribution in [0.1, 0.15) is 38.5 Å². The number of ether oxygens (including phenoxy) is 2. The molecule has 2 aliphatic rings. The number of rotatable bonds is 9. The zero-order chi connectivity index (χ0) is 25.7. The first-order valence-electron chi connectivity index (χ1n) is 12.1. The maximum absolute atomic E-state index is 13.5. The average molecular weight is 537 g/mol. The van der Waals surface area contributed by atoms with Crippen LogP contribution in [0.25, 0.3) is 0 Å². The Morgan fingerprint density at radius 1 is 1.19 bits per heavy atom. The van der Waals surface area contributed by atoms with Crippen molar-refractivity contribution in [1.29, 1.82) is 0 Å². The van der Waals surface area contributed by atoms with Gasteiger partial charge in [0.2, 0.25) is 21.8 Å². The van der Waals surface area contributed by atoms with E-state index in [4.69, 9.17) is 9.47 Å². The van der Waals surface area contributed by atoms with Gasteiger partial charge in [0.05, 0.1) is 20.8 Å². The van der Waals surface area contributed by atoms with Gasteiger partial charge >= 0.3 is 0 Å². The molecule has 1 aliphatic heterocycles. The highest BCUT2D eigenvalue weighted by atomic mass is 32.2. The second kappa shape index (κ2) is 11.6. The van der Waals surface area contributed by atoms with Crippen molar-refractivity contribution in [3.8, 4) is 11.5 Å². The number of aromatic nitrogens is 1. The van der Waals surface area contributed by atoms with Crippen LogP contribution in [0, 0.1) is 5.92 Å². The number of thiazole rings is 1. The molecule has 1 aromatic carbocycles. The molecule has 2 aromatic rings. The lowest BCUT2D eigenvalue weighted by Crippen LogP contribution is -2.58. The van der Waals surface area contributed by atoms with E-state index in [9.17, 15) is 18.0 Å². The molecule has 10 nitrogen and oxygen atoms in total. The summed E-state index contributed by atoms with van der Waals surface area (Å²) in [6, 6.07) is 3.84. The van der Waals surface area contributed by atoms with Crippen molar-refractivity contribution in [2.24, 2.45) is 5.92 Å². The number of nitrogens with zero attached hydrogens (tertiary/aromatic N) is 3. The quantitative estimate of drug-likeness (QED) is 0.523. The molecule has 0 radical (unpaired) electrons. The van der Waals surface area contributed by atoms with Crippen molar-refractivity contribution in [2.45, 2.75) is 49.5 Å². The third-order valence-corrected chi connectivity index (χ3v) is 9.39. The van der Waals surface area contributed by atoms with Gasteiger partial charge in [-0.1, -0.05) is 32.1 Å². The van der Waals surface area contributed by atoms with Crippen molar-refractivity contribution in [1.82, 2.24) is 14.2 Å². The Morgan fingerprint density at radius 2 is 1.97 bits per heavy atom. The van der Waals surface area contributed by atoms with Crippen LogP contribution in [-0.4, -0.2) is 74.3 Å². The summed E-state index contributed by atoms with van der Waals surface area (Å²) in [5, 5.41) is 5.09. The molecule has 1 aliphatic carbocycles. The standard InChI is InChI=1S/C24H32N4O6S2/c1-33-18-8-9-20(34-2)21(15-18)36(31,32)27-11-12-28(22(29)16-27)19(14-17-6-4-3-5-7-17)23(30)26-24-25-10-13-35-24/h8-10,13,15,17,19H,3-7,11-12,14,16H2,1-2H3,(H,25,26,30). The van der Waals surface area contributed by atoms with Gasteiger partial charge in [0, 0.05) is 30.7 Å². The van der Waals surface area contributed by atoms with Crippen molar-refractivity contribution in [3.05, 3.63) is 29.8 Å². The number of sulfonamides is 1. The molecule has 1 N–H and O–H groups in total. The lowest BCUT2D eigenvalue weighted by atomic mass is 9.84. The van der Waals surface area contributed by atoms with Crippen molar-refractivity contribution in [3.63, 3.8) is 0 Å². The van der Waals surface area contributed by atoms with Crippen LogP contribution in [-0.2, 0) is 19.6 Å². The Bertz CT molecular complexity index is 1170. The van der Waals surface area contributed by atoms with Crippen molar-refractivity contribution < 1.29 is 27.5 Å². The minimum atomic E-state index is -4.04. The molecule has 4 rings (SSSR count). The minimum absolute atomic E-state index is 0.0640. The lowest BCUT2D eigenvalue weighted by Gasteiger charge is -2.39. The van der Waals surface area contributed by atoms with Gasteiger partial charge in [0.15, 0.2) is 5.13 Å². The molecule has 1 unspecified atom stereocenters. The Kier molecular flexibility index (Phi) is 8.47. The average Bonchev–Trinajstić information content (AvgIpc) is 3.40. The zero-order valence-electron chi connectivity index (χ0n) is 20.5. The number of carbonyl (C=O) groups excluding carboxylic acids is 2. The first-order valence-corrected chi connectivity index (χ1v) is 14.4. The smallest absolute Gasteiger partial charge is 0.248 e. The topological polar surface area (TPSA) is 118 Å². The molecule has 2 fully saturated rings. The van der Waals surface area contributed by atoms with Gasteiger partial charge in [0.25, 0.3) is 0 Å². The van der Waals surface area contributed by atoms with Gasteiger partial charge in [-0.25, -0.2) is 13.4 Å². The predicted molar refractivity (Wildman–Crippen MR) is 136 cm³/mol. The molecule has 0 spiro atoms. The summed E-state index contributed by atoms with van der Waals surface area (Å²) < 4.78 is 38.5. The fourth-order valence-corrected chi connectivity index (χ4v) is 7.00. The van der Waals surface area contributed by atoms with E-state index in [1.54, 1.807) is 17.6 Å². The number of carbonyl (C=O) groups is 2. The first-order chi connectivity index (χ1) is 17.3. The number of piperazine rings is 1. The Balaban J connectivity index is 1.53. The molecule has 1 atom stereocenters. The predicted octanol–water partition coefficient (Wildman–Crippen LogP) is 2.97. The number of hydrogen-bond donors (Lipinski definition) is 1. The van der Waals surface area contributed by atoms with E-state index in [1.807, 2.05) is 0 Å². The maximum Gasteiger partial charge on any atom is 0.248 e. The molecule has 2 heterocycles. The lowest BCUT2D eigenvalue weighted by molar-refractivity contribution is -0.142. The summed E-state index contributed by atoms with van der Waals surface area (Å²) in [5.74, 6) is 0.201. The fraction of sp³-hybridized carbons (Fsp3) is 0.542. The molecule has 196 valence electrons. The SMILES string of the molecule is COc1ccc(OC)c(S(=O)(=O)N2CCN(C(CC3CCCCC3)C(=O)Nc3nccs3)C(=O)C2)c1. The van der Waals surface area contributed by atoms with E-state index in [2.05, 4.69) is 10.3 Å². The largest absolute Gasteiger partial charge is 0.497 e. The highest BCUT2D eigenvalue weighted by molar-refractivity contribution is 7.89. The van der Waals surface area contributed by atoms with Crippen LogP contribution in [0.2, 0.25) is 0 Å². The molecule has 2 amide bonds. The van der Waals surface area contributed by atoms with E-state index in [0.717, 1.165) is 30.0 Å². The van der Waals surface area contributed by atoms with E-state index in [1.165, 1.54) is 49.0 Å². The molecule has 12 heteroatoms. The molecule has 1 saturated carbocycles. The Morgan fingerprint density at radius 3 is 2.61 bits per heavy atom. The molecule has 1 aromatic heterocycles. The summed E-state index contributed by atoms with van der Waals surface area (Å²) in [7, 11) is -1.20. The zero-order valence-corrected chi connectivity index (χ0v) is 22.1. The van der Waals surface area contributed by atoms with E-state index >= 15 is 0 Å². The molecule has 36 heavy (non-hydrogen) atoms. The van der Waals surface area contributed by atoms with E-state index < -0.39 is 22.0 Å². The second-order valence-electron chi connectivity index (χ2n) is 9.02. The van der Waals surface area contributed by atoms with E-state index in [-0.39, 0.29) is 36.2 Å². The summed E-state index contributed by atoms with van der Waals surface area (Å²) in [6.07, 6.45) is 7.65. The van der Waals surface area contributed by atoms with Gasteiger partial charge in [0.1, 0.15) is 22.4 Å². The summed E-state index contributed by atoms with van der Waals surface area (Å²) in [6.45, 7) is -0.165. The summed E-state index contributed by atoms with van der Waals surface area (Å²) in [4.78, 5) is 32.2. The molecular formula is C24H32N4O6S2. The highest BCUT2D eigenvalue weighted by Crippen LogP contribution is 2.33. The van der Waals surface area contributed by atoms with Crippen molar-refractivity contribution in [2.75, 3.05) is 39.2 Å². The number of hydrogen-bond acceptors (Lipinski definition) is 8. The number of anilines is 1. The van der Waals surface area contributed by atoms with Crippen LogP contribution in [0.5, 0.6) is 11.5 Å². The number of amides is 2. The summed E-state index contributed by atoms with van der Waals surface area (Å²) >= 11 is 1.31. The Hall–Kier alpha value is -2.70. The number of nitrogens with one attached hydrogen (secondary N) is 1. The van der Waals surface area contributed by atoms with Crippen LogP contribution in [0.15, 0.2) is 34.7 Å². The second-order valence-corrected chi connectivity index (χ2v) is 11.8. The number of benzene rings is 1. The monoisotopic (exact) mass is 536 g/mol. The maximum atomic E-state index is 13.5. The Labute approximate surface area is 215 Å².